The van der Waals surface area contributed by atoms with Crippen LogP contribution >= 0.6 is 39.0 Å². The van der Waals surface area contributed by atoms with E-state index in [4.69, 9.17) is 4.42 Å². The molecular formula is C19H14BrN3O2S2. The van der Waals surface area contributed by atoms with Crippen molar-refractivity contribution in [2.24, 2.45) is 0 Å². The Labute approximate surface area is 172 Å². The van der Waals surface area contributed by atoms with Gasteiger partial charge in [-0.05, 0) is 31.2 Å². The first kappa shape index (κ1) is 18.2. The fourth-order valence-corrected chi connectivity index (χ4v) is 4.14. The second-order valence-corrected chi connectivity index (χ2v) is 8.81. The lowest BCUT2D eigenvalue weighted by molar-refractivity contribution is -0.115. The third kappa shape index (κ3) is 4.23. The van der Waals surface area contributed by atoms with E-state index in [1.807, 2.05) is 60.8 Å². The number of rotatable bonds is 5. The van der Waals surface area contributed by atoms with Gasteiger partial charge in [0.05, 0.1) is 10.9 Å². The summed E-state index contributed by atoms with van der Waals surface area (Å²) >= 11 is 6.10. The van der Waals surface area contributed by atoms with Crippen LogP contribution in [0.5, 0.6) is 0 Å². The molecule has 4 aromatic rings. The molecule has 0 bridgehead atoms. The number of aromatic nitrogens is 2. The van der Waals surface area contributed by atoms with E-state index in [0.717, 1.165) is 21.2 Å². The molecule has 0 saturated heterocycles. The van der Waals surface area contributed by atoms with Gasteiger partial charge in [0.1, 0.15) is 5.52 Å². The van der Waals surface area contributed by atoms with Crippen LogP contribution in [0.3, 0.4) is 0 Å². The van der Waals surface area contributed by atoms with Gasteiger partial charge >= 0.3 is 0 Å². The van der Waals surface area contributed by atoms with Crippen LogP contribution in [0.2, 0.25) is 0 Å². The molecule has 2 heterocycles. The second-order valence-electron chi connectivity index (χ2n) is 5.74. The average molecular weight is 460 g/mol. The summed E-state index contributed by atoms with van der Waals surface area (Å²) in [5.74, 6) is -0.140. The van der Waals surface area contributed by atoms with E-state index < -0.39 is 0 Å². The quantitative estimate of drug-likeness (QED) is 0.380. The zero-order valence-electron chi connectivity index (χ0n) is 14.2. The van der Waals surface area contributed by atoms with E-state index in [0.29, 0.717) is 15.9 Å². The van der Waals surface area contributed by atoms with E-state index >= 15 is 0 Å². The van der Waals surface area contributed by atoms with Gasteiger partial charge in [-0.1, -0.05) is 52.0 Å². The standard InChI is InChI=1S/C19H14BrN3O2S2/c1-11(27-19-22-14-4-2-3-5-16(14)25-19)17(24)23-18-21-15(10-26-18)12-6-8-13(20)9-7-12/h2-11H,1H3,(H,21,23,24). The van der Waals surface area contributed by atoms with Gasteiger partial charge in [-0.3, -0.25) is 4.79 Å². The van der Waals surface area contributed by atoms with Crippen molar-refractivity contribution in [2.75, 3.05) is 5.32 Å². The number of nitrogens with zero attached hydrogens (tertiary/aromatic N) is 2. The van der Waals surface area contributed by atoms with Crippen LogP contribution in [-0.4, -0.2) is 21.1 Å². The van der Waals surface area contributed by atoms with Crippen LogP contribution in [0.4, 0.5) is 5.13 Å². The molecule has 27 heavy (non-hydrogen) atoms. The van der Waals surface area contributed by atoms with Crippen molar-refractivity contribution < 1.29 is 9.21 Å². The number of benzene rings is 2. The van der Waals surface area contributed by atoms with E-state index in [9.17, 15) is 4.79 Å². The molecule has 0 aliphatic heterocycles. The Morgan fingerprint density at radius 3 is 2.74 bits per heavy atom. The number of anilines is 1. The molecule has 0 aliphatic carbocycles. The topological polar surface area (TPSA) is 68.0 Å². The Kier molecular flexibility index (Phi) is 5.29. The Morgan fingerprint density at radius 2 is 1.96 bits per heavy atom. The monoisotopic (exact) mass is 459 g/mol. The number of amides is 1. The lowest BCUT2D eigenvalue weighted by Crippen LogP contribution is -2.22. The fourth-order valence-electron chi connectivity index (χ4n) is 2.40. The summed E-state index contributed by atoms with van der Waals surface area (Å²) in [6.45, 7) is 1.82. The van der Waals surface area contributed by atoms with E-state index in [1.54, 1.807) is 0 Å². The van der Waals surface area contributed by atoms with Crippen LogP contribution in [0, 0.1) is 0 Å². The Bertz CT molecular complexity index is 1060. The highest BCUT2D eigenvalue weighted by Gasteiger charge is 2.19. The first-order valence-electron chi connectivity index (χ1n) is 8.13. The van der Waals surface area contributed by atoms with Crippen LogP contribution in [0.1, 0.15) is 6.92 Å². The molecule has 8 heteroatoms. The zero-order valence-corrected chi connectivity index (χ0v) is 17.4. The maximum absolute atomic E-state index is 12.5. The number of thioether (sulfide) groups is 1. The highest BCUT2D eigenvalue weighted by molar-refractivity contribution is 9.10. The molecule has 4 rings (SSSR count). The largest absolute Gasteiger partial charge is 0.431 e. The van der Waals surface area contributed by atoms with Gasteiger partial charge in [0, 0.05) is 15.4 Å². The van der Waals surface area contributed by atoms with Crippen molar-refractivity contribution in [3.63, 3.8) is 0 Å². The number of oxazole rings is 1. The van der Waals surface area contributed by atoms with Crippen molar-refractivity contribution in [3.05, 3.63) is 58.4 Å². The molecular weight excluding hydrogens is 446 g/mol. The molecule has 0 aliphatic rings. The van der Waals surface area contributed by atoms with E-state index in [-0.39, 0.29) is 11.2 Å². The molecule has 1 amide bonds. The van der Waals surface area contributed by atoms with Gasteiger partial charge < -0.3 is 9.73 Å². The first-order chi connectivity index (χ1) is 13.1. The highest BCUT2D eigenvalue weighted by atomic mass is 79.9. The number of para-hydroxylation sites is 2. The molecule has 2 aromatic carbocycles. The highest BCUT2D eigenvalue weighted by Crippen LogP contribution is 2.29. The summed E-state index contributed by atoms with van der Waals surface area (Å²) < 4.78 is 6.68. The minimum Gasteiger partial charge on any atom is -0.431 e. The second kappa shape index (κ2) is 7.84. The SMILES string of the molecule is CC(Sc1nc2ccccc2o1)C(=O)Nc1nc(-c2ccc(Br)cc2)cs1. The summed E-state index contributed by atoms with van der Waals surface area (Å²) in [5, 5.41) is 5.48. The number of thiazole rings is 1. The minimum absolute atomic E-state index is 0.140. The number of hydrogen-bond acceptors (Lipinski definition) is 6. The van der Waals surface area contributed by atoms with E-state index in [2.05, 4.69) is 31.2 Å². The van der Waals surface area contributed by atoms with Crippen LogP contribution in [0.25, 0.3) is 22.4 Å². The number of carbonyl (C=O) groups is 1. The van der Waals surface area contributed by atoms with Crippen LogP contribution in [-0.2, 0) is 4.79 Å². The molecule has 0 fully saturated rings. The average Bonchev–Trinajstić information content (AvgIpc) is 3.28. The van der Waals surface area contributed by atoms with Crippen molar-refractivity contribution in [2.45, 2.75) is 17.4 Å². The van der Waals surface area contributed by atoms with Gasteiger partial charge in [0.15, 0.2) is 10.7 Å². The molecule has 136 valence electrons. The van der Waals surface area contributed by atoms with Gasteiger partial charge in [-0.25, -0.2) is 9.97 Å². The molecule has 1 atom stereocenters. The molecule has 5 nitrogen and oxygen atoms in total. The summed E-state index contributed by atoms with van der Waals surface area (Å²) in [6, 6.07) is 15.4. The summed E-state index contributed by atoms with van der Waals surface area (Å²) in [5.41, 5.74) is 3.34. The van der Waals surface area contributed by atoms with E-state index in [1.165, 1.54) is 23.1 Å². The van der Waals surface area contributed by atoms with Crippen LogP contribution in [0.15, 0.2) is 68.0 Å². The summed E-state index contributed by atoms with van der Waals surface area (Å²) in [4.78, 5) is 21.4. The minimum atomic E-state index is -0.363. The van der Waals surface area contributed by atoms with Gasteiger partial charge in [0.2, 0.25) is 5.91 Å². The summed E-state index contributed by atoms with van der Waals surface area (Å²) in [7, 11) is 0. The Morgan fingerprint density at radius 1 is 1.19 bits per heavy atom. The zero-order chi connectivity index (χ0) is 18.8. The first-order valence-corrected chi connectivity index (χ1v) is 10.7. The van der Waals surface area contributed by atoms with Crippen molar-refractivity contribution in [1.82, 2.24) is 9.97 Å². The van der Waals surface area contributed by atoms with Gasteiger partial charge in [0.25, 0.3) is 5.22 Å². The number of nitrogens with one attached hydrogen (secondary N) is 1. The molecule has 0 spiro atoms. The normalized spacial score (nSPS) is 12.2. The van der Waals surface area contributed by atoms with Crippen molar-refractivity contribution in [1.29, 1.82) is 0 Å². The van der Waals surface area contributed by atoms with Gasteiger partial charge in [-0.15, -0.1) is 11.3 Å². The number of halogens is 1. The maximum Gasteiger partial charge on any atom is 0.257 e. The molecule has 1 N–H and O–H groups in total. The predicted octanol–water partition coefficient (Wildman–Crippen LogP) is 5.83. The van der Waals surface area contributed by atoms with Crippen molar-refractivity contribution in [3.8, 4) is 11.3 Å². The Hall–Kier alpha value is -2.16. The smallest absolute Gasteiger partial charge is 0.257 e. The van der Waals surface area contributed by atoms with Crippen LogP contribution < -0.4 is 5.32 Å². The molecule has 2 aromatic heterocycles. The lowest BCUT2D eigenvalue weighted by Gasteiger charge is -2.07. The third-order valence-corrected chi connectivity index (χ3v) is 6.03. The Balaban J connectivity index is 1.41. The summed E-state index contributed by atoms with van der Waals surface area (Å²) in [6.07, 6.45) is 0. The maximum atomic E-state index is 12.5. The molecule has 1 unspecified atom stereocenters. The lowest BCUT2D eigenvalue weighted by atomic mass is 10.2. The van der Waals surface area contributed by atoms with Crippen molar-refractivity contribution >= 4 is 61.2 Å². The number of carbonyl (C=O) groups excluding carboxylic acids is 1. The molecule has 0 radical (unpaired) electrons. The number of hydrogen-bond donors (Lipinski definition) is 1. The van der Waals surface area contributed by atoms with Gasteiger partial charge in [-0.2, -0.15) is 0 Å². The predicted molar refractivity (Wildman–Crippen MR) is 113 cm³/mol. The fraction of sp³-hybridized carbons (Fsp3) is 0.105. The molecule has 0 saturated carbocycles. The third-order valence-electron chi connectivity index (χ3n) is 3.80. The number of fused-ring (bicyclic) bond motifs is 1.